The monoisotopic (exact) mass is 429 g/mol. The van der Waals surface area contributed by atoms with Crippen LogP contribution in [0.25, 0.3) is 0 Å². The number of fused-ring (bicyclic) bond motifs is 4. The van der Waals surface area contributed by atoms with E-state index in [4.69, 9.17) is 0 Å². The van der Waals surface area contributed by atoms with Crippen LogP contribution in [0.2, 0.25) is 0 Å². The molecule has 0 amide bonds. The number of aryl methyl sites for hydroxylation is 2. The summed E-state index contributed by atoms with van der Waals surface area (Å²) in [5, 5.41) is 14.2. The van der Waals surface area contributed by atoms with E-state index in [-0.39, 0.29) is 5.41 Å². The van der Waals surface area contributed by atoms with Crippen molar-refractivity contribution < 1.29 is 0 Å². The summed E-state index contributed by atoms with van der Waals surface area (Å²) < 4.78 is 0. The van der Waals surface area contributed by atoms with Crippen LogP contribution in [0.15, 0.2) is 97.1 Å². The first-order valence-corrected chi connectivity index (χ1v) is 12.7. The van der Waals surface area contributed by atoms with Gasteiger partial charge < -0.3 is 0 Å². The fraction of sp³-hybridized carbons (Fsp3) is 0.167. The van der Waals surface area contributed by atoms with E-state index in [9.17, 15) is 5.26 Å². The number of nitrogens with zero attached hydrogens (tertiary/aromatic N) is 1. The molecule has 2 aliphatic rings. The summed E-state index contributed by atoms with van der Waals surface area (Å²) in [6.07, 6.45) is 4.37. The molecule has 0 aliphatic heterocycles. The minimum atomic E-state index is -0.677. The quantitative estimate of drug-likeness (QED) is 0.395. The van der Waals surface area contributed by atoms with E-state index in [1.165, 1.54) is 38.2 Å². The lowest BCUT2D eigenvalue weighted by Gasteiger charge is -2.32. The summed E-state index contributed by atoms with van der Waals surface area (Å²) in [7, 11) is -0.677. The summed E-state index contributed by atoms with van der Waals surface area (Å²) in [4.78, 5) is 0. The molecule has 1 spiro atoms. The number of hydrogen-bond donors (Lipinski definition) is 0. The second-order valence-electron chi connectivity index (χ2n) is 8.85. The maximum Gasteiger partial charge on any atom is 0.0994 e. The smallest absolute Gasteiger partial charge is 0.0994 e. The Labute approximate surface area is 191 Å². The van der Waals surface area contributed by atoms with Crippen LogP contribution in [0.4, 0.5) is 0 Å². The molecule has 1 atom stereocenters. The van der Waals surface area contributed by atoms with Crippen molar-refractivity contribution in [2.45, 2.75) is 31.1 Å². The van der Waals surface area contributed by atoms with Crippen molar-refractivity contribution in [2.24, 2.45) is 0 Å². The van der Waals surface area contributed by atoms with Gasteiger partial charge in [0.05, 0.1) is 11.6 Å². The highest BCUT2D eigenvalue weighted by atomic mass is 31.1. The third-order valence-corrected chi connectivity index (χ3v) is 9.75. The molecule has 0 saturated heterocycles. The predicted octanol–water partition coefficient (Wildman–Crippen LogP) is 5.49. The molecular weight excluding hydrogens is 405 g/mol. The number of rotatable bonds is 3. The first-order valence-electron chi connectivity index (χ1n) is 11.4. The van der Waals surface area contributed by atoms with Crippen LogP contribution < -0.4 is 15.9 Å². The highest BCUT2D eigenvalue weighted by Crippen LogP contribution is 2.54. The van der Waals surface area contributed by atoms with Gasteiger partial charge in [0, 0.05) is 5.41 Å². The topological polar surface area (TPSA) is 23.8 Å². The molecule has 2 aliphatic carbocycles. The lowest BCUT2D eigenvalue weighted by atomic mass is 9.75. The molecule has 6 rings (SSSR count). The van der Waals surface area contributed by atoms with Crippen molar-refractivity contribution in [3.05, 3.63) is 125 Å². The Morgan fingerprint density at radius 2 is 1.19 bits per heavy atom. The van der Waals surface area contributed by atoms with E-state index in [1.54, 1.807) is 0 Å². The molecule has 0 unspecified atom stereocenters. The van der Waals surface area contributed by atoms with Gasteiger partial charge in [0.2, 0.25) is 0 Å². The largest absolute Gasteiger partial charge is 0.192 e. The van der Waals surface area contributed by atoms with Crippen molar-refractivity contribution >= 4 is 23.8 Å². The third-order valence-electron chi connectivity index (χ3n) is 7.27. The van der Waals surface area contributed by atoms with E-state index >= 15 is 0 Å². The Bertz CT molecular complexity index is 1290. The molecule has 0 heterocycles. The van der Waals surface area contributed by atoms with Crippen molar-refractivity contribution in [2.75, 3.05) is 0 Å². The van der Waals surface area contributed by atoms with Crippen LogP contribution in [0.3, 0.4) is 0 Å². The van der Waals surface area contributed by atoms with Gasteiger partial charge in [-0.3, -0.25) is 0 Å². The Balaban J connectivity index is 1.63. The van der Waals surface area contributed by atoms with Crippen LogP contribution in [-0.2, 0) is 18.3 Å². The van der Waals surface area contributed by atoms with E-state index in [2.05, 4.69) is 97.1 Å². The van der Waals surface area contributed by atoms with Gasteiger partial charge in [-0.05, 0) is 77.8 Å². The van der Waals surface area contributed by atoms with Gasteiger partial charge in [0.15, 0.2) is 0 Å². The fourth-order valence-electron chi connectivity index (χ4n) is 6.03. The second kappa shape index (κ2) is 7.74. The molecular formula is C30H24NP. The number of benzene rings is 4. The Kier molecular flexibility index (Phi) is 4.71. The summed E-state index contributed by atoms with van der Waals surface area (Å²) in [6.45, 7) is 0. The summed E-state index contributed by atoms with van der Waals surface area (Å²) in [5.74, 6) is 0. The van der Waals surface area contributed by atoms with Gasteiger partial charge in [0.1, 0.15) is 0 Å². The Morgan fingerprint density at radius 3 is 1.78 bits per heavy atom. The molecule has 0 bridgehead atoms. The molecule has 0 aromatic heterocycles. The Hall–Kier alpha value is -3.20. The summed E-state index contributed by atoms with van der Waals surface area (Å²) in [5.41, 5.74) is 6.51. The maximum absolute atomic E-state index is 9.98. The molecule has 2 heteroatoms. The molecule has 154 valence electrons. The van der Waals surface area contributed by atoms with E-state index in [0.29, 0.717) is 0 Å². The highest BCUT2D eigenvalue weighted by molar-refractivity contribution is 7.79. The zero-order valence-corrected chi connectivity index (χ0v) is 18.9. The Morgan fingerprint density at radius 1 is 0.625 bits per heavy atom. The molecule has 0 N–H and O–H groups in total. The minimum absolute atomic E-state index is 0.0300. The highest BCUT2D eigenvalue weighted by Gasteiger charge is 2.48. The first kappa shape index (κ1) is 19.5. The van der Waals surface area contributed by atoms with Crippen LogP contribution in [0.1, 0.15) is 40.7 Å². The lowest BCUT2D eigenvalue weighted by molar-refractivity contribution is 0.508. The van der Waals surface area contributed by atoms with Gasteiger partial charge >= 0.3 is 0 Å². The minimum Gasteiger partial charge on any atom is -0.192 e. The van der Waals surface area contributed by atoms with Gasteiger partial charge in [-0.15, -0.1) is 0 Å². The molecule has 0 radical (unpaired) electrons. The molecule has 0 fully saturated rings. The number of hydrogen-bond acceptors (Lipinski definition) is 1. The summed E-state index contributed by atoms with van der Waals surface area (Å²) in [6, 6.07) is 37.7. The van der Waals surface area contributed by atoms with E-state index in [0.717, 1.165) is 31.2 Å². The van der Waals surface area contributed by atoms with Crippen molar-refractivity contribution in [3.63, 3.8) is 0 Å². The summed E-state index contributed by atoms with van der Waals surface area (Å²) >= 11 is 0. The average Bonchev–Trinajstić information content (AvgIpc) is 3.43. The molecule has 0 saturated carbocycles. The van der Waals surface area contributed by atoms with Crippen LogP contribution in [-0.4, -0.2) is 0 Å². The zero-order valence-electron chi connectivity index (χ0n) is 18.0. The van der Waals surface area contributed by atoms with Crippen LogP contribution >= 0.6 is 7.92 Å². The van der Waals surface area contributed by atoms with Crippen molar-refractivity contribution in [3.8, 4) is 6.07 Å². The van der Waals surface area contributed by atoms with E-state index < -0.39 is 7.92 Å². The molecule has 4 aromatic rings. The van der Waals surface area contributed by atoms with Crippen molar-refractivity contribution in [1.29, 1.82) is 5.26 Å². The zero-order chi connectivity index (χ0) is 21.5. The van der Waals surface area contributed by atoms with E-state index in [1.807, 2.05) is 6.07 Å². The maximum atomic E-state index is 9.98. The predicted molar refractivity (Wildman–Crippen MR) is 134 cm³/mol. The number of nitriles is 1. The molecule has 32 heavy (non-hydrogen) atoms. The van der Waals surface area contributed by atoms with Gasteiger partial charge in [-0.2, -0.15) is 5.26 Å². The van der Waals surface area contributed by atoms with Crippen LogP contribution in [0, 0.1) is 11.3 Å². The standard InChI is InChI=1S/C30H24NP/c31-21-24-11-7-9-22-17-19-30(28(22)24)20-18-23-10-8-16-27(29(23)30)32(25-12-3-1-4-13-25)26-14-5-2-6-15-26/h1-16H,17-20H2/t30-/m0/s1. The van der Waals surface area contributed by atoms with Gasteiger partial charge in [-0.25, -0.2) is 0 Å². The van der Waals surface area contributed by atoms with Crippen molar-refractivity contribution in [1.82, 2.24) is 0 Å². The van der Waals surface area contributed by atoms with Gasteiger partial charge in [-0.1, -0.05) is 91.0 Å². The third kappa shape index (κ3) is 2.87. The average molecular weight is 430 g/mol. The SMILES string of the molecule is N#Cc1cccc2c1[C@]1(CC2)CCc2cccc(P(c3ccccc3)c3ccccc3)c21. The normalized spacial score (nSPS) is 18.5. The fourth-order valence-corrected chi connectivity index (χ4v) is 8.64. The molecule has 4 aromatic carbocycles. The molecule has 1 nitrogen and oxygen atoms in total. The lowest BCUT2D eigenvalue weighted by Crippen LogP contribution is -2.32. The van der Waals surface area contributed by atoms with Gasteiger partial charge in [0.25, 0.3) is 0 Å². The van der Waals surface area contributed by atoms with Crippen LogP contribution in [0.5, 0.6) is 0 Å². The first-order chi connectivity index (χ1) is 15.8. The second-order valence-corrected chi connectivity index (χ2v) is 11.0.